The zero-order valence-electron chi connectivity index (χ0n) is 13.0. The highest BCUT2D eigenvalue weighted by atomic mass is 32.2. The van der Waals surface area contributed by atoms with Crippen LogP contribution in [0.2, 0.25) is 0 Å². The lowest BCUT2D eigenvalue weighted by molar-refractivity contribution is 0.0742. The molecule has 2 aromatic rings. The summed E-state index contributed by atoms with van der Waals surface area (Å²) in [4.78, 5) is 18.4. The summed E-state index contributed by atoms with van der Waals surface area (Å²) in [5.41, 5.74) is 2.52. The second kappa shape index (κ2) is 6.05. The second-order valence-corrected chi connectivity index (χ2v) is 8.96. The van der Waals surface area contributed by atoms with Gasteiger partial charge in [-0.2, -0.15) is 0 Å². The van der Waals surface area contributed by atoms with Crippen LogP contribution in [0.25, 0.3) is 10.6 Å². The van der Waals surface area contributed by atoms with Gasteiger partial charge in [0.1, 0.15) is 10.7 Å². The van der Waals surface area contributed by atoms with Crippen molar-refractivity contribution in [2.45, 2.75) is 19.4 Å². The van der Waals surface area contributed by atoms with Crippen LogP contribution >= 0.6 is 11.3 Å². The lowest BCUT2D eigenvalue weighted by Crippen LogP contribution is -2.38. The van der Waals surface area contributed by atoms with E-state index in [1.165, 1.54) is 21.8 Å². The fourth-order valence-corrected chi connectivity index (χ4v) is 5.20. The lowest BCUT2D eigenvalue weighted by Gasteiger charge is -2.22. The molecule has 0 N–H and O–H groups in total. The van der Waals surface area contributed by atoms with Crippen LogP contribution in [-0.2, 0) is 9.84 Å². The van der Waals surface area contributed by atoms with Gasteiger partial charge in [-0.05, 0) is 13.3 Å². The topological polar surface area (TPSA) is 67.3 Å². The Balaban J connectivity index is 1.77. The van der Waals surface area contributed by atoms with Crippen LogP contribution in [0.3, 0.4) is 0 Å². The molecule has 1 amide bonds. The lowest BCUT2D eigenvalue weighted by atomic mass is 10.2. The molecule has 0 radical (unpaired) electrons. The van der Waals surface area contributed by atoms with Gasteiger partial charge in [-0.15, -0.1) is 11.3 Å². The summed E-state index contributed by atoms with van der Waals surface area (Å²) in [6, 6.07) is 7.73. The molecule has 5 nitrogen and oxygen atoms in total. The van der Waals surface area contributed by atoms with E-state index >= 15 is 0 Å². The third-order valence-corrected chi connectivity index (χ3v) is 6.74. The third-order valence-electron chi connectivity index (χ3n) is 4.10. The smallest absolute Gasteiger partial charge is 0.273 e. The predicted molar refractivity (Wildman–Crippen MR) is 91.4 cm³/mol. The maximum Gasteiger partial charge on any atom is 0.273 e. The fourth-order valence-electron chi connectivity index (χ4n) is 2.63. The summed E-state index contributed by atoms with van der Waals surface area (Å²) in [5.74, 6) is -0.0211. The summed E-state index contributed by atoms with van der Waals surface area (Å²) in [5, 5.41) is 2.53. The van der Waals surface area contributed by atoms with E-state index in [4.69, 9.17) is 0 Å². The van der Waals surface area contributed by atoms with Crippen molar-refractivity contribution in [3.63, 3.8) is 0 Å². The summed E-state index contributed by atoms with van der Waals surface area (Å²) in [6.07, 6.45) is 0.500. The van der Waals surface area contributed by atoms with Gasteiger partial charge >= 0.3 is 0 Å². The van der Waals surface area contributed by atoms with E-state index in [-0.39, 0.29) is 23.5 Å². The number of carbonyl (C=O) groups excluding carboxylic acids is 1. The highest BCUT2D eigenvalue weighted by Crippen LogP contribution is 2.25. The van der Waals surface area contributed by atoms with Gasteiger partial charge in [-0.3, -0.25) is 4.79 Å². The zero-order valence-corrected chi connectivity index (χ0v) is 14.7. The van der Waals surface area contributed by atoms with Crippen molar-refractivity contribution >= 4 is 27.1 Å². The molecule has 1 aliphatic rings. The monoisotopic (exact) mass is 350 g/mol. The first kappa shape index (κ1) is 16.1. The number of aryl methyl sites for hydroxylation is 1. The Labute approximate surface area is 139 Å². The minimum atomic E-state index is -3.01. The Bertz CT molecular complexity index is 825. The highest BCUT2D eigenvalue weighted by Gasteiger charge is 2.33. The van der Waals surface area contributed by atoms with Crippen LogP contribution in [-0.4, -0.2) is 48.8 Å². The average Bonchev–Trinajstić information content (AvgIpc) is 3.13. The largest absolute Gasteiger partial charge is 0.336 e. The summed E-state index contributed by atoms with van der Waals surface area (Å²) in [7, 11) is -1.36. The zero-order chi connectivity index (χ0) is 16.6. The van der Waals surface area contributed by atoms with E-state index in [9.17, 15) is 13.2 Å². The molecule has 1 aromatic heterocycles. The number of hydrogen-bond acceptors (Lipinski definition) is 5. The Morgan fingerprint density at radius 1 is 1.30 bits per heavy atom. The molecule has 0 saturated carbocycles. The van der Waals surface area contributed by atoms with Crippen molar-refractivity contribution in [1.29, 1.82) is 0 Å². The average molecular weight is 350 g/mol. The molecule has 7 heteroatoms. The van der Waals surface area contributed by atoms with Crippen molar-refractivity contribution in [3.05, 3.63) is 40.9 Å². The molecule has 1 atom stereocenters. The number of amides is 1. The molecular formula is C16H18N2O3S2. The van der Waals surface area contributed by atoms with Gasteiger partial charge in [0.2, 0.25) is 0 Å². The van der Waals surface area contributed by atoms with E-state index in [2.05, 4.69) is 4.98 Å². The normalized spacial score (nSPS) is 19.7. The van der Waals surface area contributed by atoms with E-state index < -0.39 is 9.84 Å². The number of benzene rings is 1. The van der Waals surface area contributed by atoms with Gasteiger partial charge in [-0.25, -0.2) is 13.4 Å². The quantitative estimate of drug-likeness (QED) is 0.852. The van der Waals surface area contributed by atoms with Crippen molar-refractivity contribution in [2.24, 2.45) is 0 Å². The Morgan fingerprint density at radius 3 is 2.61 bits per heavy atom. The number of rotatable bonds is 3. The van der Waals surface area contributed by atoms with Crippen LogP contribution in [0.1, 0.15) is 22.5 Å². The summed E-state index contributed by atoms with van der Waals surface area (Å²) < 4.78 is 23.1. The Kier molecular flexibility index (Phi) is 4.25. The molecule has 2 heterocycles. The van der Waals surface area contributed by atoms with Crippen LogP contribution < -0.4 is 0 Å². The molecule has 1 aromatic carbocycles. The summed E-state index contributed by atoms with van der Waals surface area (Å²) in [6.45, 7) is 2.02. The second-order valence-electron chi connectivity index (χ2n) is 5.88. The first-order valence-electron chi connectivity index (χ1n) is 7.36. The number of aromatic nitrogens is 1. The van der Waals surface area contributed by atoms with Gasteiger partial charge in [0.15, 0.2) is 9.84 Å². The first-order valence-corrected chi connectivity index (χ1v) is 10.1. The van der Waals surface area contributed by atoms with Crippen LogP contribution in [0.5, 0.6) is 0 Å². The van der Waals surface area contributed by atoms with Gasteiger partial charge in [0, 0.05) is 24.0 Å². The molecule has 1 saturated heterocycles. The summed E-state index contributed by atoms with van der Waals surface area (Å²) >= 11 is 1.42. The maximum absolute atomic E-state index is 12.5. The van der Waals surface area contributed by atoms with E-state index in [0.717, 1.165) is 10.6 Å². The maximum atomic E-state index is 12.5. The predicted octanol–water partition coefficient (Wildman–Crippen LogP) is 2.38. The van der Waals surface area contributed by atoms with Crippen LogP contribution in [0.4, 0.5) is 0 Å². The molecule has 1 aliphatic heterocycles. The number of sulfone groups is 1. The Morgan fingerprint density at radius 2 is 2.00 bits per heavy atom. The molecule has 23 heavy (non-hydrogen) atoms. The van der Waals surface area contributed by atoms with Gasteiger partial charge in [-0.1, -0.05) is 29.8 Å². The van der Waals surface area contributed by atoms with E-state index in [1.54, 1.807) is 12.4 Å². The van der Waals surface area contributed by atoms with Gasteiger partial charge < -0.3 is 4.90 Å². The molecule has 0 aliphatic carbocycles. The number of thiazole rings is 1. The number of carbonyl (C=O) groups is 1. The van der Waals surface area contributed by atoms with Crippen LogP contribution in [0.15, 0.2) is 29.6 Å². The van der Waals surface area contributed by atoms with Crippen molar-refractivity contribution in [1.82, 2.24) is 9.88 Å². The Hall–Kier alpha value is -1.73. The minimum Gasteiger partial charge on any atom is -0.336 e. The molecule has 122 valence electrons. The van der Waals surface area contributed by atoms with Crippen LogP contribution in [0, 0.1) is 6.92 Å². The van der Waals surface area contributed by atoms with Crippen molar-refractivity contribution in [2.75, 3.05) is 18.6 Å². The number of hydrogen-bond donors (Lipinski definition) is 0. The molecule has 0 spiro atoms. The fraction of sp³-hybridized carbons (Fsp3) is 0.375. The third kappa shape index (κ3) is 3.45. The molecule has 0 bridgehead atoms. The van der Waals surface area contributed by atoms with Crippen molar-refractivity contribution < 1.29 is 13.2 Å². The molecule has 0 unspecified atom stereocenters. The van der Waals surface area contributed by atoms with Crippen molar-refractivity contribution in [3.8, 4) is 10.6 Å². The highest BCUT2D eigenvalue weighted by molar-refractivity contribution is 7.91. The van der Waals surface area contributed by atoms with Gasteiger partial charge in [0.25, 0.3) is 5.91 Å². The van der Waals surface area contributed by atoms with E-state index in [0.29, 0.717) is 12.1 Å². The molecular weight excluding hydrogens is 332 g/mol. The first-order chi connectivity index (χ1) is 10.9. The standard InChI is InChI=1S/C16H18N2O3S2/c1-11-3-5-12(6-4-11)15-17-14(9-22-15)16(19)18(2)13-7-8-23(20,21)10-13/h3-6,9,13H,7-8,10H2,1-2H3/t13-/m0/s1. The minimum absolute atomic E-state index is 0.0458. The SMILES string of the molecule is Cc1ccc(-c2nc(C(=O)N(C)[C@H]3CCS(=O)(=O)C3)cs2)cc1. The number of nitrogens with zero attached hydrogens (tertiary/aromatic N) is 2. The van der Waals surface area contributed by atoms with E-state index in [1.807, 2.05) is 31.2 Å². The molecule has 3 rings (SSSR count). The van der Waals surface area contributed by atoms with Gasteiger partial charge in [0.05, 0.1) is 11.5 Å². The molecule has 1 fully saturated rings.